The summed E-state index contributed by atoms with van der Waals surface area (Å²) in [6.45, 7) is 6.96. The van der Waals surface area contributed by atoms with Crippen molar-refractivity contribution in [2.24, 2.45) is 0 Å². The Balaban J connectivity index is 1.25. The number of hydrogen-bond donors (Lipinski definition) is 0. The molecule has 2 aliphatic heterocycles. The molecule has 0 amide bonds. The summed E-state index contributed by atoms with van der Waals surface area (Å²) >= 11 is 1.67. The Labute approximate surface area is 184 Å². The van der Waals surface area contributed by atoms with Gasteiger partial charge in [0.1, 0.15) is 11.2 Å². The van der Waals surface area contributed by atoms with Crippen molar-refractivity contribution in [1.29, 1.82) is 0 Å². The molecule has 2 aliphatic rings. The van der Waals surface area contributed by atoms with Crippen LogP contribution in [0.4, 0.5) is 5.82 Å². The Morgan fingerprint density at radius 3 is 2.77 bits per heavy atom. The fourth-order valence-corrected chi connectivity index (χ4v) is 5.69. The zero-order chi connectivity index (χ0) is 21.4. The van der Waals surface area contributed by atoms with Gasteiger partial charge in [-0.15, -0.1) is 11.3 Å². The average molecular weight is 442 g/mol. The van der Waals surface area contributed by atoms with E-state index in [-0.39, 0.29) is 5.56 Å². The standard InChI is InChI=1S/C21H27N7O2S/c1-25-4-3-15-17(12-25)31-20-18(15)21(29)28(14-24-20)10-7-26-5-8-27(9-6-26)19-16(30-2)11-22-13-23-19/h11,13-14H,3-10,12H2,1-2H3. The molecule has 0 aromatic carbocycles. The third kappa shape index (κ3) is 3.90. The van der Waals surface area contributed by atoms with Gasteiger partial charge in [-0.3, -0.25) is 14.3 Å². The van der Waals surface area contributed by atoms with E-state index in [1.54, 1.807) is 41.9 Å². The zero-order valence-electron chi connectivity index (χ0n) is 18.0. The minimum absolute atomic E-state index is 0.108. The molecule has 5 heterocycles. The van der Waals surface area contributed by atoms with E-state index in [2.05, 4.69) is 36.7 Å². The summed E-state index contributed by atoms with van der Waals surface area (Å²) in [4.78, 5) is 35.3. The third-order valence-corrected chi connectivity index (χ3v) is 7.35. The number of rotatable bonds is 5. The quantitative estimate of drug-likeness (QED) is 0.582. The first-order valence-corrected chi connectivity index (χ1v) is 11.4. The van der Waals surface area contributed by atoms with Gasteiger partial charge < -0.3 is 14.5 Å². The predicted molar refractivity (Wildman–Crippen MR) is 121 cm³/mol. The normalized spacial score (nSPS) is 17.8. The summed E-state index contributed by atoms with van der Waals surface area (Å²) < 4.78 is 7.18. The lowest BCUT2D eigenvalue weighted by atomic mass is 10.1. The molecule has 9 nitrogen and oxygen atoms in total. The molecule has 3 aromatic heterocycles. The molecular weight excluding hydrogens is 414 g/mol. The van der Waals surface area contributed by atoms with Gasteiger partial charge in [-0.25, -0.2) is 15.0 Å². The van der Waals surface area contributed by atoms with Gasteiger partial charge in [-0.1, -0.05) is 0 Å². The number of anilines is 1. The number of thiophene rings is 1. The summed E-state index contributed by atoms with van der Waals surface area (Å²) in [7, 11) is 3.77. The molecule has 0 bridgehead atoms. The highest BCUT2D eigenvalue weighted by Gasteiger charge is 2.23. The van der Waals surface area contributed by atoms with Crippen molar-refractivity contribution in [2.75, 3.05) is 58.3 Å². The molecule has 10 heteroatoms. The minimum Gasteiger partial charge on any atom is -0.491 e. The van der Waals surface area contributed by atoms with Crippen LogP contribution >= 0.6 is 11.3 Å². The fraction of sp³-hybridized carbons (Fsp3) is 0.524. The number of hydrogen-bond acceptors (Lipinski definition) is 9. The third-order valence-electron chi connectivity index (χ3n) is 6.23. The SMILES string of the molecule is COc1cncnc1N1CCN(CCn2cnc3sc4c(c3c2=O)CCN(C)C4)CC1. The highest BCUT2D eigenvalue weighted by Crippen LogP contribution is 2.31. The molecule has 0 atom stereocenters. The Kier molecular flexibility index (Phi) is 5.59. The molecule has 0 aliphatic carbocycles. The number of nitrogens with zero attached hydrogens (tertiary/aromatic N) is 7. The monoisotopic (exact) mass is 441 g/mol. The Hall–Kier alpha value is -2.56. The van der Waals surface area contributed by atoms with Gasteiger partial charge >= 0.3 is 0 Å². The van der Waals surface area contributed by atoms with E-state index in [4.69, 9.17) is 4.74 Å². The van der Waals surface area contributed by atoms with E-state index in [0.29, 0.717) is 12.3 Å². The number of piperazine rings is 1. The van der Waals surface area contributed by atoms with Crippen LogP contribution in [0.2, 0.25) is 0 Å². The van der Waals surface area contributed by atoms with Crippen molar-refractivity contribution in [2.45, 2.75) is 19.5 Å². The number of likely N-dealkylation sites (N-methyl/N-ethyl adjacent to an activating group) is 1. The van der Waals surface area contributed by atoms with Crippen LogP contribution in [0, 0.1) is 0 Å². The summed E-state index contributed by atoms with van der Waals surface area (Å²) in [6, 6.07) is 0. The lowest BCUT2D eigenvalue weighted by Crippen LogP contribution is -2.48. The second-order valence-corrected chi connectivity index (χ2v) is 9.24. The van der Waals surface area contributed by atoms with E-state index in [0.717, 1.165) is 68.3 Å². The summed E-state index contributed by atoms with van der Waals surface area (Å²) in [5, 5.41) is 0.844. The van der Waals surface area contributed by atoms with Crippen LogP contribution in [0.1, 0.15) is 10.4 Å². The van der Waals surface area contributed by atoms with Crippen molar-refractivity contribution in [1.82, 2.24) is 29.3 Å². The second-order valence-electron chi connectivity index (χ2n) is 8.16. The highest BCUT2D eigenvalue weighted by atomic mass is 32.1. The Morgan fingerprint density at radius 2 is 1.97 bits per heavy atom. The molecule has 1 fully saturated rings. The fourth-order valence-electron chi connectivity index (χ4n) is 4.43. The summed E-state index contributed by atoms with van der Waals surface area (Å²) in [5.41, 5.74) is 1.33. The first-order valence-electron chi connectivity index (χ1n) is 10.6. The van der Waals surface area contributed by atoms with Gasteiger partial charge in [-0.05, 0) is 19.0 Å². The molecular formula is C21H27N7O2S. The van der Waals surface area contributed by atoms with Crippen LogP contribution in [0.25, 0.3) is 10.2 Å². The minimum atomic E-state index is 0.108. The van der Waals surface area contributed by atoms with Crippen LogP contribution in [0.3, 0.4) is 0 Å². The van der Waals surface area contributed by atoms with Crippen molar-refractivity contribution >= 4 is 27.4 Å². The summed E-state index contributed by atoms with van der Waals surface area (Å²) in [5.74, 6) is 1.54. The number of methoxy groups -OCH3 is 1. The van der Waals surface area contributed by atoms with E-state index in [1.165, 1.54) is 10.4 Å². The van der Waals surface area contributed by atoms with E-state index in [1.807, 2.05) is 0 Å². The van der Waals surface area contributed by atoms with Crippen LogP contribution in [-0.2, 0) is 19.5 Å². The van der Waals surface area contributed by atoms with Crippen molar-refractivity contribution in [3.05, 3.63) is 39.6 Å². The molecule has 0 radical (unpaired) electrons. The molecule has 3 aromatic rings. The Bertz CT molecular complexity index is 1140. The van der Waals surface area contributed by atoms with Crippen LogP contribution < -0.4 is 15.2 Å². The van der Waals surface area contributed by atoms with E-state index in [9.17, 15) is 4.79 Å². The van der Waals surface area contributed by atoms with Crippen molar-refractivity contribution < 1.29 is 4.74 Å². The van der Waals surface area contributed by atoms with Gasteiger partial charge in [0.15, 0.2) is 11.6 Å². The first kappa shape index (κ1) is 20.3. The molecule has 1 saturated heterocycles. The topological polar surface area (TPSA) is 79.6 Å². The lowest BCUT2D eigenvalue weighted by Gasteiger charge is -2.35. The highest BCUT2D eigenvalue weighted by molar-refractivity contribution is 7.18. The molecule has 0 spiro atoms. The molecule has 0 N–H and O–H groups in total. The molecule has 5 rings (SSSR count). The number of aromatic nitrogens is 4. The predicted octanol–water partition coefficient (Wildman–Crippen LogP) is 1.07. The van der Waals surface area contributed by atoms with Crippen LogP contribution in [0.15, 0.2) is 23.6 Å². The van der Waals surface area contributed by atoms with Gasteiger partial charge in [0.05, 0.1) is 25.0 Å². The maximum Gasteiger partial charge on any atom is 0.262 e. The molecule has 31 heavy (non-hydrogen) atoms. The summed E-state index contributed by atoms with van der Waals surface area (Å²) in [6.07, 6.45) is 5.91. The van der Waals surface area contributed by atoms with E-state index < -0.39 is 0 Å². The van der Waals surface area contributed by atoms with Crippen LogP contribution in [-0.4, -0.2) is 82.7 Å². The van der Waals surface area contributed by atoms with Gasteiger partial charge in [0.25, 0.3) is 5.56 Å². The lowest BCUT2D eigenvalue weighted by molar-refractivity contribution is 0.245. The maximum absolute atomic E-state index is 13.2. The van der Waals surface area contributed by atoms with E-state index >= 15 is 0 Å². The molecule has 0 saturated carbocycles. The van der Waals surface area contributed by atoms with Crippen molar-refractivity contribution in [3.63, 3.8) is 0 Å². The Morgan fingerprint density at radius 1 is 1.13 bits per heavy atom. The largest absolute Gasteiger partial charge is 0.491 e. The molecule has 0 unspecified atom stereocenters. The van der Waals surface area contributed by atoms with Gasteiger partial charge in [0.2, 0.25) is 0 Å². The first-order chi connectivity index (χ1) is 15.1. The zero-order valence-corrected chi connectivity index (χ0v) is 18.8. The van der Waals surface area contributed by atoms with Gasteiger partial charge in [-0.2, -0.15) is 0 Å². The maximum atomic E-state index is 13.2. The number of fused-ring (bicyclic) bond motifs is 3. The smallest absolute Gasteiger partial charge is 0.262 e. The second kappa shape index (κ2) is 8.52. The molecule has 164 valence electrons. The number of ether oxygens (including phenoxy) is 1. The van der Waals surface area contributed by atoms with Crippen LogP contribution in [0.5, 0.6) is 5.75 Å². The average Bonchev–Trinajstić information content (AvgIpc) is 3.17. The van der Waals surface area contributed by atoms with Crippen molar-refractivity contribution in [3.8, 4) is 5.75 Å². The van der Waals surface area contributed by atoms with Gasteiger partial charge in [0, 0.05) is 57.2 Å².